The largest absolute Gasteiger partial charge is 0.490 e. The molecule has 0 fully saturated rings. The smallest absolute Gasteiger partial charge is 0.122 e. The van der Waals surface area contributed by atoms with Crippen molar-refractivity contribution in [3.05, 3.63) is 29.3 Å². The first-order valence-electron chi connectivity index (χ1n) is 5.75. The first-order chi connectivity index (χ1) is 7.29. The van der Waals surface area contributed by atoms with Crippen LogP contribution in [0.25, 0.3) is 0 Å². The van der Waals surface area contributed by atoms with Crippen LogP contribution in [0, 0.1) is 6.92 Å². The average Bonchev–Trinajstić information content (AvgIpc) is 2.14. The Bertz CT molecular complexity index is 348. The fourth-order valence-electron chi connectivity index (χ4n) is 1.39. The summed E-state index contributed by atoms with van der Waals surface area (Å²) in [6.07, 6.45) is 0. The Morgan fingerprint density at radius 2 is 1.94 bits per heavy atom. The number of rotatable bonds is 4. The highest BCUT2D eigenvalue weighted by atomic mass is 16.5. The summed E-state index contributed by atoms with van der Waals surface area (Å²) in [5.74, 6) is 1.36. The Balaban J connectivity index is 2.82. The summed E-state index contributed by atoms with van der Waals surface area (Å²) in [6.45, 7) is 10.1. The van der Waals surface area contributed by atoms with Crippen molar-refractivity contribution in [3.8, 4) is 5.75 Å². The molecule has 16 heavy (non-hydrogen) atoms. The molecule has 0 bridgehead atoms. The lowest BCUT2D eigenvalue weighted by molar-refractivity contribution is 0.0282. The zero-order valence-corrected chi connectivity index (χ0v) is 10.9. The molecule has 2 heteroatoms. The van der Waals surface area contributed by atoms with Crippen LogP contribution >= 0.6 is 0 Å². The molecule has 0 aromatic heterocycles. The fourth-order valence-corrected chi connectivity index (χ4v) is 1.39. The molecule has 0 amide bonds. The van der Waals surface area contributed by atoms with Gasteiger partial charge in [0.05, 0.1) is 5.60 Å². The Morgan fingerprint density at radius 1 is 1.31 bits per heavy atom. The Kier molecular flexibility index (Phi) is 3.98. The second kappa shape index (κ2) is 4.88. The highest BCUT2D eigenvalue weighted by molar-refractivity contribution is 5.37. The summed E-state index contributed by atoms with van der Waals surface area (Å²) in [4.78, 5) is 0. The third-order valence-corrected chi connectivity index (χ3v) is 2.46. The summed E-state index contributed by atoms with van der Waals surface area (Å²) in [7, 11) is 0. The van der Waals surface area contributed by atoms with Gasteiger partial charge in [0.2, 0.25) is 0 Å². The van der Waals surface area contributed by atoms with Crippen LogP contribution < -0.4 is 4.74 Å². The molecule has 0 unspecified atom stereocenters. The van der Waals surface area contributed by atoms with Crippen LogP contribution in [0.5, 0.6) is 5.75 Å². The highest BCUT2D eigenvalue weighted by Crippen LogP contribution is 2.24. The van der Waals surface area contributed by atoms with E-state index in [4.69, 9.17) is 4.74 Å². The first-order valence-corrected chi connectivity index (χ1v) is 5.75. The van der Waals surface area contributed by atoms with Crippen LogP contribution in [-0.4, -0.2) is 17.3 Å². The van der Waals surface area contributed by atoms with E-state index in [-0.39, 0.29) is 0 Å². The zero-order valence-electron chi connectivity index (χ0n) is 10.9. The molecule has 1 N–H and O–H groups in total. The van der Waals surface area contributed by atoms with Crippen molar-refractivity contribution < 1.29 is 9.84 Å². The number of aryl methyl sites for hydroxylation is 1. The van der Waals surface area contributed by atoms with E-state index in [2.05, 4.69) is 32.0 Å². The normalized spacial score (nSPS) is 11.9. The number of benzene rings is 1. The summed E-state index contributed by atoms with van der Waals surface area (Å²) < 4.78 is 5.64. The van der Waals surface area contributed by atoms with E-state index in [9.17, 15) is 5.11 Å². The maximum Gasteiger partial charge on any atom is 0.122 e. The highest BCUT2D eigenvalue weighted by Gasteiger charge is 2.14. The van der Waals surface area contributed by atoms with Gasteiger partial charge in [-0.25, -0.2) is 0 Å². The Morgan fingerprint density at radius 3 is 2.44 bits per heavy atom. The molecule has 0 saturated heterocycles. The first kappa shape index (κ1) is 13.0. The van der Waals surface area contributed by atoms with Crippen molar-refractivity contribution >= 4 is 0 Å². The molecular formula is C14H22O2. The summed E-state index contributed by atoms with van der Waals surface area (Å²) >= 11 is 0. The van der Waals surface area contributed by atoms with Gasteiger partial charge in [0, 0.05) is 0 Å². The molecule has 1 rings (SSSR count). The topological polar surface area (TPSA) is 29.5 Å². The van der Waals surface area contributed by atoms with E-state index in [0.717, 1.165) is 11.3 Å². The quantitative estimate of drug-likeness (QED) is 0.847. The molecule has 0 aliphatic heterocycles. The molecule has 90 valence electrons. The molecule has 0 aliphatic carbocycles. The third kappa shape index (κ3) is 3.86. The van der Waals surface area contributed by atoms with E-state index >= 15 is 0 Å². The molecule has 0 spiro atoms. The van der Waals surface area contributed by atoms with Crippen LogP contribution in [0.3, 0.4) is 0 Å². The van der Waals surface area contributed by atoms with Gasteiger partial charge in [0.25, 0.3) is 0 Å². The van der Waals surface area contributed by atoms with Crippen LogP contribution in [0.4, 0.5) is 0 Å². The lowest BCUT2D eigenvalue weighted by Gasteiger charge is -2.19. The third-order valence-electron chi connectivity index (χ3n) is 2.46. The minimum Gasteiger partial charge on any atom is -0.490 e. The summed E-state index contributed by atoms with van der Waals surface area (Å²) in [6, 6.07) is 6.25. The van der Waals surface area contributed by atoms with Gasteiger partial charge in [-0.1, -0.05) is 26.0 Å². The second-order valence-electron chi connectivity index (χ2n) is 5.28. The predicted octanol–water partition coefficient (Wildman–Crippen LogP) is 3.27. The number of ether oxygens (including phenoxy) is 1. The summed E-state index contributed by atoms with van der Waals surface area (Å²) in [5, 5.41) is 9.62. The van der Waals surface area contributed by atoms with Gasteiger partial charge in [-0.3, -0.25) is 0 Å². The van der Waals surface area contributed by atoms with E-state index in [1.165, 1.54) is 5.56 Å². The van der Waals surface area contributed by atoms with Crippen LogP contribution in [0.15, 0.2) is 18.2 Å². The maximum absolute atomic E-state index is 9.62. The van der Waals surface area contributed by atoms with Crippen LogP contribution in [-0.2, 0) is 0 Å². The zero-order chi connectivity index (χ0) is 12.3. The molecule has 0 saturated carbocycles. The van der Waals surface area contributed by atoms with E-state index in [1.807, 2.05) is 6.92 Å². The van der Waals surface area contributed by atoms with Gasteiger partial charge in [-0.2, -0.15) is 0 Å². The molecule has 0 aliphatic rings. The van der Waals surface area contributed by atoms with E-state index in [0.29, 0.717) is 12.5 Å². The lowest BCUT2D eigenvalue weighted by Crippen LogP contribution is -2.28. The maximum atomic E-state index is 9.62. The monoisotopic (exact) mass is 222 g/mol. The predicted molar refractivity (Wildman–Crippen MR) is 67.1 cm³/mol. The SMILES string of the molecule is Cc1ccc(C(C)C)cc1OCC(C)(C)O. The lowest BCUT2D eigenvalue weighted by atomic mass is 10.0. The number of hydrogen-bond donors (Lipinski definition) is 1. The van der Waals surface area contributed by atoms with Gasteiger partial charge >= 0.3 is 0 Å². The molecule has 0 heterocycles. The van der Waals surface area contributed by atoms with Crippen molar-refractivity contribution in [2.75, 3.05) is 6.61 Å². The van der Waals surface area contributed by atoms with Gasteiger partial charge in [0.15, 0.2) is 0 Å². The fraction of sp³-hybridized carbons (Fsp3) is 0.571. The molecule has 1 aromatic rings. The standard InChI is InChI=1S/C14H22O2/c1-10(2)12-7-6-11(3)13(8-12)16-9-14(4,5)15/h6-8,10,15H,9H2,1-5H3. The van der Waals surface area contributed by atoms with Gasteiger partial charge in [-0.05, 0) is 43.9 Å². The van der Waals surface area contributed by atoms with Gasteiger partial charge in [-0.15, -0.1) is 0 Å². The van der Waals surface area contributed by atoms with Gasteiger partial charge < -0.3 is 9.84 Å². The molecule has 1 aromatic carbocycles. The van der Waals surface area contributed by atoms with Crippen molar-refractivity contribution in [2.24, 2.45) is 0 Å². The molecule has 0 atom stereocenters. The minimum atomic E-state index is -0.791. The number of hydrogen-bond acceptors (Lipinski definition) is 2. The second-order valence-corrected chi connectivity index (χ2v) is 5.28. The molecule has 2 nitrogen and oxygen atoms in total. The number of aliphatic hydroxyl groups is 1. The van der Waals surface area contributed by atoms with Crippen LogP contribution in [0.1, 0.15) is 44.7 Å². The van der Waals surface area contributed by atoms with Crippen molar-refractivity contribution in [2.45, 2.75) is 46.1 Å². The molecular weight excluding hydrogens is 200 g/mol. The Labute approximate surface area is 98.3 Å². The Hall–Kier alpha value is -1.02. The van der Waals surface area contributed by atoms with Crippen LogP contribution in [0.2, 0.25) is 0 Å². The van der Waals surface area contributed by atoms with Crippen molar-refractivity contribution in [1.82, 2.24) is 0 Å². The van der Waals surface area contributed by atoms with Crippen molar-refractivity contribution in [1.29, 1.82) is 0 Å². The average molecular weight is 222 g/mol. The summed E-state index contributed by atoms with van der Waals surface area (Å²) in [5.41, 5.74) is 1.57. The van der Waals surface area contributed by atoms with E-state index < -0.39 is 5.60 Å². The van der Waals surface area contributed by atoms with Gasteiger partial charge in [0.1, 0.15) is 12.4 Å². The van der Waals surface area contributed by atoms with E-state index in [1.54, 1.807) is 13.8 Å². The minimum absolute atomic E-state index is 0.315. The molecule has 0 radical (unpaired) electrons. The van der Waals surface area contributed by atoms with Crippen molar-refractivity contribution in [3.63, 3.8) is 0 Å².